The topological polar surface area (TPSA) is 82.3 Å². The first-order chi connectivity index (χ1) is 14.9. The van der Waals surface area contributed by atoms with Crippen LogP contribution in [0, 0.1) is 0 Å². The Hall–Kier alpha value is -3.51. The fourth-order valence-electron chi connectivity index (χ4n) is 4.54. The molecule has 0 saturated carbocycles. The van der Waals surface area contributed by atoms with Crippen molar-refractivity contribution in [1.82, 2.24) is 30.5 Å². The van der Waals surface area contributed by atoms with Crippen molar-refractivity contribution in [3.05, 3.63) is 66.5 Å². The number of rotatable bonds is 3. The fraction of sp³-hybridized carbons (Fsp3) is 0.208. The average molecular weight is 394 g/mol. The van der Waals surface area contributed by atoms with Gasteiger partial charge < -0.3 is 10.3 Å². The van der Waals surface area contributed by atoms with Crippen molar-refractivity contribution in [3.63, 3.8) is 0 Å². The molecule has 6 heteroatoms. The second-order valence-electron chi connectivity index (χ2n) is 7.93. The van der Waals surface area contributed by atoms with Crippen LogP contribution in [0.5, 0.6) is 0 Å². The predicted octanol–water partition coefficient (Wildman–Crippen LogP) is 4.64. The zero-order valence-electron chi connectivity index (χ0n) is 16.5. The third-order valence-corrected chi connectivity index (χ3v) is 6.12. The summed E-state index contributed by atoms with van der Waals surface area (Å²) in [4.78, 5) is 12.7. The van der Waals surface area contributed by atoms with Gasteiger partial charge in [-0.3, -0.25) is 10.1 Å². The summed E-state index contributed by atoms with van der Waals surface area (Å²) in [5, 5.41) is 13.3. The van der Waals surface area contributed by atoms with Crippen LogP contribution in [0.2, 0.25) is 0 Å². The highest BCUT2D eigenvalue weighted by molar-refractivity contribution is 6.00. The summed E-state index contributed by atoms with van der Waals surface area (Å²) in [6.07, 6.45) is 6.13. The SMILES string of the molecule is c1ccc(-c2cccc3[nH]c(-c4[nH]nc5ncc(C6CCNCC6)cc45)cc23)nc1. The van der Waals surface area contributed by atoms with Crippen LogP contribution in [-0.2, 0) is 0 Å². The number of hydrogen-bond donors (Lipinski definition) is 3. The van der Waals surface area contributed by atoms with Gasteiger partial charge in [0, 0.05) is 34.2 Å². The molecule has 0 radical (unpaired) electrons. The summed E-state index contributed by atoms with van der Waals surface area (Å²) in [5.41, 5.74) is 7.23. The van der Waals surface area contributed by atoms with E-state index in [4.69, 9.17) is 0 Å². The minimum Gasteiger partial charge on any atom is -0.353 e. The molecule has 4 aromatic heterocycles. The van der Waals surface area contributed by atoms with E-state index in [-0.39, 0.29) is 0 Å². The van der Waals surface area contributed by atoms with Crippen molar-refractivity contribution in [1.29, 1.82) is 0 Å². The minimum atomic E-state index is 0.560. The first kappa shape index (κ1) is 17.4. The standard InChI is InChI=1S/C24H22N6/c1-2-9-26-20(5-1)17-4-3-6-21-18(17)13-22(28-21)23-19-12-16(14-27-24(19)30-29-23)15-7-10-25-11-8-15/h1-6,9,12-15,25,28H,7-8,10-11H2,(H,27,29,30). The molecule has 1 aliphatic heterocycles. The number of nitrogens with zero attached hydrogens (tertiary/aromatic N) is 3. The molecular formula is C24H22N6. The zero-order valence-corrected chi connectivity index (χ0v) is 16.5. The molecule has 0 bridgehead atoms. The smallest absolute Gasteiger partial charge is 0.181 e. The van der Waals surface area contributed by atoms with Crippen LogP contribution in [0.4, 0.5) is 0 Å². The summed E-state index contributed by atoms with van der Waals surface area (Å²) >= 11 is 0. The van der Waals surface area contributed by atoms with Crippen molar-refractivity contribution in [2.45, 2.75) is 18.8 Å². The quantitative estimate of drug-likeness (QED) is 0.416. The largest absolute Gasteiger partial charge is 0.353 e. The maximum Gasteiger partial charge on any atom is 0.181 e. The number of fused-ring (bicyclic) bond motifs is 2. The Morgan fingerprint density at radius 3 is 2.70 bits per heavy atom. The van der Waals surface area contributed by atoms with Crippen LogP contribution < -0.4 is 5.32 Å². The molecule has 30 heavy (non-hydrogen) atoms. The van der Waals surface area contributed by atoms with Gasteiger partial charge in [-0.15, -0.1) is 0 Å². The van der Waals surface area contributed by atoms with Crippen LogP contribution in [0.15, 0.2) is 60.9 Å². The Kier molecular flexibility index (Phi) is 4.09. The molecule has 3 N–H and O–H groups in total. The van der Waals surface area contributed by atoms with Gasteiger partial charge in [0.2, 0.25) is 0 Å². The van der Waals surface area contributed by atoms with Crippen LogP contribution in [-0.4, -0.2) is 38.2 Å². The first-order valence-electron chi connectivity index (χ1n) is 10.4. The highest BCUT2D eigenvalue weighted by Gasteiger charge is 2.19. The molecule has 148 valence electrons. The Labute approximate surface area is 173 Å². The Bertz CT molecular complexity index is 1330. The average Bonchev–Trinajstić information content (AvgIpc) is 3.43. The molecule has 1 saturated heterocycles. The molecule has 0 aliphatic carbocycles. The molecule has 0 atom stereocenters. The second kappa shape index (κ2) is 7.07. The lowest BCUT2D eigenvalue weighted by molar-refractivity contribution is 0.460. The van der Waals surface area contributed by atoms with Gasteiger partial charge in [0.25, 0.3) is 0 Å². The van der Waals surface area contributed by atoms with E-state index in [1.165, 1.54) is 5.56 Å². The summed E-state index contributed by atoms with van der Waals surface area (Å²) in [6.45, 7) is 2.14. The van der Waals surface area contributed by atoms with Crippen molar-refractivity contribution in [2.75, 3.05) is 13.1 Å². The van der Waals surface area contributed by atoms with Crippen LogP contribution in [0.25, 0.3) is 44.6 Å². The Morgan fingerprint density at radius 1 is 0.900 bits per heavy atom. The van der Waals surface area contributed by atoms with E-state index in [1.54, 1.807) is 0 Å². The van der Waals surface area contributed by atoms with E-state index in [9.17, 15) is 0 Å². The van der Waals surface area contributed by atoms with Gasteiger partial charge in [0.1, 0.15) is 0 Å². The molecule has 1 aromatic carbocycles. The monoisotopic (exact) mass is 394 g/mol. The number of benzene rings is 1. The number of aromatic amines is 2. The maximum atomic E-state index is 4.63. The van der Waals surface area contributed by atoms with Gasteiger partial charge in [-0.25, -0.2) is 4.98 Å². The fourth-order valence-corrected chi connectivity index (χ4v) is 4.54. The van der Waals surface area contributed by atoms with Crippen molar-refractivity contribution in [2.24, 2.45) is 0 Å². The Balaban J connectivity index is 1.47. The van der Waals surface area contributed by atoms with Crippen LogP contribution in [0.1, 0.15) is 24.3 Å². The highest BCUT2D eigenvalue weighted by Crippen LogP contribution is 2.34. The number of pyridine rings is 2. The summed E-state index contributed by atoms with van der Waals surface area (Å²) in [7, 11) is 0. The summed E-state index contributed by atoms with van der Waals surface area (Å²) in [6, 6.07) is 16.7. The molecule has 1 aliphatic rings. The molecular weight excluding hydrogens is 372 g/mol. The van der Waals surface area contributed by atoms with Crippen molar-refractivity contribution < 1.29 is 0 Å². The van der Waals surface area contributed by atoms with Gasteiger partial charge in [0.05, 0.1) is 17.1 Å². The predicted molar refractivity (Wildman–Crippen MR) is 119 cm³/mol. The van der Waals surface area contributed by atoms with E-state index in [0.717, 1.165) is 70.5 Å². The number of hydrogen-bond acceptors (Lipinski definition) is 4. The van der Waals surface area contributed by atoms with Gasteiger partial charge in [-0.2, -0.15) is 5.10 Å². The van der Waals surface area contributed by atoms with E-state index in [0.29, 0.717) is 5.92 Å². The van der Waals surface area contributed by atoms with Crippen LogP contribution >= 0.6 is 0 Å². The minimum absolute atomic E-state index is 0.560. The van der Waals surface area contributed by atoms with Crippen LogP contribution in [0.3, 0.4) is 0 Å². The molecule has 0 spiro atoms. The van der Waals surface area contributed by atoms with E-state index in [1.807, 2.05) is 30.6 Å². The van der Waals surface area contributed by atoms with E-state index < -0.39 is 0 Å². The normalized spacial score (nSPS) is 15.2. The lowest BCUT2D eigenvalue weighted by Gasteiger charge is -2.22. The molecule has 0 unspecified atom stereocenters. The molecule has 6 rings (SSSR count). The third kappa shape index (κ3) is 2.88. The number of nitrogens with one attached hydrogen (secondary N) is 3. The van der Waals surface area contributed by atoms with E-state index in [2.05, 4.69) is 60.8 Å². The molecule has 0 amide bonds. The van der Waals surface area contributed by atoms with Crippen molar-refractivity contribution >= 4 is 21.9 Å². The molecule has 6 nitrogen and oxygen atoms in total. The summed E-state index contributed by atoms with van der Waals surface area (Å²) < 4.78 is 0. The molecule has 1 fully saturated rings. The second-order valence-corrected chi connectivity index (χ2v) is 7.93. The number of H-pyrrole nitrogens is 2. The lowest BCUT2D eigenvalue weighted by Crippen LogP contribution is -2.26. The first-order valence-corrected chi connectivity index (χ1v) is 10.4. The van der Waals surface area contributed by atoms with Crippen molar-refractivity contribution in [3.8, 4) is 22.6 Å². The third-order valence-electron chi connectivity index (χ3n) is 6.12. The number of aromatic nitrogens is 5. The molecule has 5 aromatic rings. The van der Waals surface area contributed by atoms with E-state index >= 15 is 0 Å². The van der Waals surface area contributed by atoms with Gasteiger partial charge in [-0.05, 0) is 67.7 Å². The van der Waals surface area contributed by atoms with Gasteiger partial charge >= 0.3 is 0 Å². The summed E-state index contributed by atoms with van der Waals surface area (Å²) in [5.74, 6) is 0.560. The zero-order chi connectivity index (χ0) is 19.9. The highest BCUT2D eigenvalue weighted by atomic mass is 15.2. The van der Waals surface area contributed by atoms with Gasteiger partial charge in [0.15, 0.2) is 5.65 Å². The number of piperidine rings is 1. The molecule has 5 heterocycles. The maximum absolute atomic E-state index is 4.63. The Morgan fingerprint density at radius 2 is 1.83 bits per heavy atom. The van der Waals surface area contributed by atoms with Gasteiger partial charge in [-0.1, -0.05) is 18.2 Å². The lowest BCUT2D eigenvalue weighted by atomic mass is 9.91.